The summed E-state index contributed by atoms with van der Waals surface area (Å²) in [5.74, 6) is 0. The Morgan fingerprint density at radius 3 is 2.27 bits per heavy atom. The van der Waals surface area contributed by atoms with E-state index in [4.69, 9.17) is 5.73 Å². The van der Waals surface area contributed by atoms with Gasteiger partial charge in [-0.1, -0.05) is 0 Å². The molecule has 0 saturated heterocycles. The molecule has 54 valence electrons. The van der Waals surface area contributed by atoms with Gasteiger partial charge in [0, 0.05) is 5.54 Å². The average molecular weight is 141 g/mol. The van der Waals surface area contributed by atoms with Crippen LogP contribution in [0, 0.1) is 6.07 Å². The van der Waals surface area contributed by atoms with Crippen molar-refractivity contribution in [2.45, 2.75) is 19.4 Å². The van der Waals surface area contributed by atoms with Crippen LogP contribution in [0.5, 0.6) is 0 Å². The van der Waals surface area contributed by atoms with E-state index < -0.39 is 0 Å². The van der Waals surface area contributed by atoms with Gasteiger partial charge < -0.3 is 5.73 Å². The Kier molecular flexibility index (Phi) is 3.89. The van der Waals surface area contributed by atoms with Crippen LogP contribution in [0.25, 0.3) is 0 Å². The van der Waals surface area contributed by atoms with Gasteiger partial charge in [0.05, 0.1) is 0 Å². The molecule has 2 heteroatoms. The second kappa shape index (κ2) is 3.97. The Labute approximate surface area is 80.2 Å². The molecule has 0 spiro atoms. The molecule has 0 heterocycles. The molecule has 1 rings (SSSR count). The normalized spacial score (nSPS) is 10.5. The fourth-order valence-corrected chi connectivity index (χ4v) is 0.794. The topological polar surface area (TPSA) is 26.0 Å². The fourth-order valence-electron chi connectivity index (χ4n) is 0.794. The molecule has 0 aliphatic rings. The van der Waals surface area contributed by atoms with Crippen molar-refractivity contribution < 1.29 is 18.9 Å². The molecular weight excluding hydrogens is 129 g/mol. The molecule has 0 unspecified atom stereocenters. The molecule has 2 N–H and O–H groups in total. The summed E-state index contributed by atoms with van der Waals surface area (Å²) in [5.41, 5.74) is 6.61. The van der Waals surface area contributed by atoms with Gasteiger partial charge >= 0.3 is 18.9 Å². The predicted octanol–water partition coefficient (Wildman–Crippen LogP) is -1.32. The molecule has 0 amide bonds. The van der Waals surface area contributed by atoms with Crippen LogP contribution >= 0.6 is 0 Å². The van der Waals surface area contributed by atoms with Gasteiger partial charge in [0.15, 0.2) is 0 Å². The Morgan fingerprint density at radius 2 is 2.00 bits per heavy atom. The fraction of sp³-hybridized carbons (Fsp3) is 0.333. The van der Waals surface area contributed by atoms with Gasteiger partial charge in [-0.05, 0) is 13.8 Å². The molecule has 1 nitrogen and oxygen atoms in total. The molecule has 1 aromatic rings. The standard InChI is InChI=1S/C9H12N.Li/c1-9(2,10)8-6-4-3-5-7-8;/h3-6H,10H2,1-2H3;/q-1;+1. The monoisotopic (exact) mass is 141 g/mol. The van der Waals surface area contributed by atoms with Gasteiger partial charge in [-0.15, -0.1) is 5.56 Å². The van der Waals surface area contributed by atoms with E-state index in [1.165, 1.54) is 0 Å². The largest absolute Gasteiger partial charge is 1.00 e. The molecule has 0 saturated carbocycles. The first-order valence-corrected chi connectivity index (χ1v) is 3.37. The third-order valence-electron chi connectivity index (χ3n) is 1.40. The molecule has 1 aromatic carbocycles. The third-order valence-corrected chi connectivity index (χ3v) is 1.40. The first-order valence-electron chi connectivity index (χ1n) is 3.37. The summed E-state index contributed by atoms with van der Waals surface area (Å²) in [5, 5.41) is 0. The molecule has 11 heavy (non-hydrogen) atoms. The van der Waals surface area contributed by atoms with E-state index in [2.05, 4.69) is 6.07 Å². The summed E-state index contributed by atoms with van der Waals surface area (Å²) < 4.78 is 0. The molecule has 0 fully saturated rings. The van der Waals surface area contributed by atoms with Crippen molar-refractivity contribution in [3.63, 3.8) is 0 Å². The summed E-state index contributed by atoms with van der Waals surface area (Å²) in [6, 6.07) is 10.9. The van der Waals surface area contributed by atoms with E-state index in [0.717, 1.165) is 5.56 Å². The molecule has 0 aliphatic heterocycles. The smallest absolute Gasteiger partial charge is 0.324 e. The van der Waals surface area contributed by atoms with E-state index in [1.807, 2.05) is 38.1 Å². The van der Waals surface area contributed by atoms with Crippen LogP contribution in [0.15, 0.2) is 24.3 Å². The van der Waals surface area contributed by atoms with Crippen LogP contribution in [-0.2, 0) is 5.54 Å². The first-order chi connectivity index (χ1) is 4.61. The SMILES string of the molecule is CC(C)(N)c1[c-]cccc1.[Li+]. The van der Waals surface area contributed by atoms with E-state index in [9.17, 15) is 0 Å². The summed E-state index contributed by atoms with van der Waals surface area (Å²) >= 11 is 0. The molecule has 0 aromatic heterocycles. The Balaban J connectivity index is 0.000001000. The van der Waals surface area contributed by atoms with Crippen molar-refractivity contribution in [3.8, 4) is 0 Å². The zero-order chi connectivity index (χ0) is 7.61. The van der Waals surface area contributed by atoms with Crippen molar-refractivity contribution in [2.75, 3.05) is 0 Å². The number of benzene rings is 1. The first kappa shape index (κ1) is 10.8. The van der Waals surface area contributed by atoms with Gasteiger partial charge in [-0.3, -0.25) is 0 Å². The van der Waals surface area contributed by atoms with Crippen LogP contribution < -0.4 is 24.6 Å². The zero-order valence-electron chi connectivity index (χ0n) is 7.39. The van der Waals surface area contributed by atoms with E-state index in [-0.39, 0.29) is 24.4 Å². The maximum Gasteiger partial charge on any atom is 1.00 e. The van der Waals surface area contributed by atoms with Crippen LogP contribution in [0.2, 0.25) is 0 Å². The van der Waals surface area contributed by atoms with Crippen LogP contribution in [0.3, 0.4) is 0 Å². The Bertz CT molecular complexity index is 201. The number of hydrogen-bond donors (Lipinski definition) is 1. The molecule has 0 radical (unpaired) electrons. The summed E-state index contributed by atoms with van der Waals surface area (Å²) in [6.07, 6.45) is 0. The minimum atomic E-state index is -0.263. The summed E-state index contributed by atoms with van der Waals surface area (Å²) in [6.45, 7) is 3.94. The minimum absolute atomic E-state index is 0. The number of rotatable bonds is 1. The van der Waals surface area contributed by atoms with Crippen LogP contribution in [0.1, 0.15) is 19.4 Å². The zero-order valence-corrected chi connectivity index (χ0v) is 7.39. The predicted molar refractivity (Wildman–Crippen MR) is 42.5 cm³/mol. The van der Waals surface area contributed by atoms with Crippen LogP contribution in [0.4, 0.5) is 0 Å². The molecule has 0 aliphatic carbocycles. The second-order valence-corrected chi connectivity index (χ2v) is 3.00. The van der Waals surface area contributed by atoms with Crippen molar-refractivity contribution in [3.05, 3.63) is 35.9 Å². The summed E-state index contributed by atoms with van der Waals surface area (Å²) in [7, 11) is 0. The summed E-state index contributed by atoms with van der Waals surface area (Å²) in [4.78, 5) is 0. The van der Waals surface area contributed by atoms with Gasteiger partial charge in [-0.25, -0.2) is 0 Å². The average Bonchev–Trinajstić information content (AvgIpc) is 1.88. The molecular formula is C9H12LiN. The molecule has 0 bridgehead atoms. The number of hydrogen-bond acceptors (Lipinski definition) is 1. The second-order valence-electron chi connectivity index (χ2n) is 3.00. The van der Waals surface area contributed by atoms with Crippen molar-refractivity contribution in [1.82, 2.24) is 0 Å². The third kappa shape index (κ3) is 3.12. The Hall–Kier alpha value is -0.223. The van der Waals surface area contributed by atoms with Crippen molar-refractivity contribution in [1.29, 1.82) is 0 Å². The maximum absolute atomic E-state index is 5.83. The number of nitrogens with two attached hydrogens (primary N) is 1. The van der Waals surface area contributed by atoms with Gasteiger partial charge in [0.25, 0.3) is 0 Å². The quantitative estimate of drug-likeness (QED) is 0.381. The minimum Gasteiger partial charge on any atom is -0.324 e. The van der Waals surface area contributed by atoms with Gasteiger partial charge in [0.1, 0.15) is 0 Å². The molecule has 0 atom stereocenters. The van der Waals surface area contributed by atoms with Crippen LogP contribution in [-0.4, -0.2) is 0 Å². The maximum atomic E-state index is 5.83. The van der Waals surface area contributed by atoms with E-state index in [1.54, 1.807) is 0 Å². The van der Waals surface area contributed by atoms with Crippen molar-refractivity contribution >= 4 is 0 Å². The van der Waals surface area contributed by atoms with E-state index >= 15 is 0 Å². The van der Waals surface area contributed by atoms with E-state index in [0.29, 0.717) is 0 Å². The Morgan fingerprint density at radius 1 is 1.36 bits per heavy atom. The van der Waals surface area contributed by atoms with Gasteiger partial charge in [-0.2, -0.15) is 30.3 Å². The van der Waals surface area contributed by atoms with Crippen molar-refractivity contribution in [2.24, 2.45) is 5.73 Å². The van der Waals surface area contributed by atoms with Gasteiger partial charge in [0.2, 0.25) is 0 Å².